The van der Waals surface area contributed by atoms with E-state index in [1.165, 1.54) is 0 Å². The Hall–Kier alpha value is -1.96. The van der Waals surface area contributed by atoms with Crippen molar-refractivity contribution in [2.24, 2.45) is 0 Å². The second-order valence-corrected chi connectivity index (χ2v) is 6.00. The van der Waals surface area contributed by atoms with Gasteiger partial charge in [0.05, 0.1) is 26.7 Å². The number of alkyl halides is 4. The number of nitrogens with zero attached hydrogens (tertiary/aromatic N) is 3. The summed E-state index contributed by atoms with van der Waals surface area (Å²) in [6, 6.07) is 3.22. The number of nitrogens with two attached hydrogens (primary N) is 1. The molecule has 0 atom stereocenters. The number of halogens is 5. The van der Waals surface area contributed by atoms with Crippen LogP contribution in [0.3, 0.4) is 0 Å². The number of fused-ring (bicyclic) bond motifs is 1. The zero-order valence-corrected chi connectivity index (χ0v) is 13.4. The molecule has 1 aliphatic heterocycles. The Morgan fingerprint density at radius 3 is 2.38 bits per heavy atom. The van der Waals surface area contributed by atoms with Gasteiger partial charge in [0.1, 0.15) is 11.9 Å². The molecular weight excluding hydrogens is 372 g/mol. The van der Waals surface area contributed by atoms with Crippen molar-refractivity contribution < 1.29 is 22.3 Å². The first kappa shape index (κ1) is 16.9. The highest BCUT2D eigenvalue weighted by Gasteiger charge is 2.57. The molecule has 126 valence electrons. The maximum atomic E-state index is 13.7. The van der Waals surface area contributed by atoms with Crippen LogP contribution in [0.2, 0.25) is 5.02 Å². The van der Waals surface area contributed by atoms with E-state index in [2.05, 4.69) is 9.84 Å². The molecule has 0 unspecified atom stereocenters. The Labute approximate surface area is 141 Å². The van der Waals surface area contributed by atoms with Crippen LogP contribution in [0.15, 0.2) is 17.0 Å². The summed E-state index contributed by atoms with van der Waals surface area (Å²) in [6.07, 6.45) is -6.72. The molecule has 24 heavy (non-hydrogen) atoms. The summed E-state index contributed by atoms with van der Waals surface area (Å²) in [5.41, 5.74) is 3.60. The third kappa shape index (κ3) is 2.31. The minimum absolute atomic E-state index is 0.0186. The summed E-state index contributed by atoms with van der Waals surface area (Å²) in [6.45, 7) is 0. The van der Waals surface area contributed by atoms with Crippen LogP contribution >= 0.6 is 23.4 Å². The molecule has 0 amide bonds. The Kier molecular flexibility index (Phi) is 3.71. The number of hydrogen-bond acceptors (Lipinski definition) is 5. The molecule has 0 aliphatic carbocycles. The number of ether oxygens (including phenoxy) is 1. The number of nitriles is 1. The molecule has 1 aromatic heterocycles. The van der Waals surface area contributed by atoms with Gasteiger partial charge in [0, 0.05) is 0 Å². The molecule has 2 N–H and O–H groups in total. The molecular formula is C13H7ClF4N4OS. The van der Waals surface area contributed by atoms with E-state index < -0.39 is 23.3 Å². The third-order valence-corrected chi connectivity index (χ3v) is 4.50. The zero-order valence-electron chi connectivity index (χ0n) is 11.8. The number of thioether (sulfide) groups is 1. The molecule has 5 nitrogen and oxygen atoms in total. The fraction of sp³-hybridized carbons (Fsp3) is 0.231. The summed E-state index contributed by atoms with van der Waals surface area (Å²) in [4.78, 5) is 0.322. The van der Waals surface area contributed by atoms with Crippen LogP contribution in [0, 0.1) is 11.3 Å². The second kappa shape index (κ2) is 5.27. The number of benzene rings is 1. The molecule has 3 rings (SSSR count). The van der Waals surface area contributed by atoms with Gasteiger partial charge in [-0.1, -0.05) is 11.6 Å². The zero-order chi connectivity index (χ0) is 17.9. The minimum atomic E-state index is -4.19. The van der Waals surface area contributed by atoms with E-state index in [0.717, 1.165) is 22.5 Å². The molecule has 1 aliphatic rings. The van der Waals surface area contributed by atoms with E-state index >= 15 is 0 Å². The van der Waals surface area contributed by atoms with Gasteiger partial charge in [0.15, 0.2) is 5.69 Å². The van der Waals surface area contributed by atoms with E-state index in [1.807, 2.05) is 6.07 Å². The SMILES string of the molecule is CSc1c(C#N)nn(-c2cc3c(cc2Cl)C(F)(F)OC3(F)F)c1N. The minimum Gasteiger partial charge on any atom is -0.383 e. The normalized spacial score (nSPS) is 17.5. The average Bonchev–Trinajstić information content (AvgIpc) is 2.89. The van der Waals surface area contributed by atoms with Crippen LogP contribution in [-0.4, -0.2) is 16.0 Å². The molecule has 2 aromatic rings. The largest absolute Gasteiger partial charge is 0.388 e. The molecule has 0 saturated carbocycles. The average molecular weight is 379 g/mol. The van der Waals surface area contributed by atoms with E-state index in [1.54, 1.807) is 6.26 Å². The molecule has 11 heteroatoms. The standard InChI is InChI=1S/C13H7ClF4N4OS/c1-24-10-8(4-19)21-22(11(10)20)9-3-6-5(2-7(9)14)12(15,16)23-13(6,17)18/h2-3H,20H2,1H3. The van der Waals surface area contributed by atoms with Crippen molar-refractivity contribution >= 4 is 29.2 Å². The predicted molar refractivity (Wildman–Crippen MR) is 78.4 cm³/mol. The maximum absolute atomic E-state index is 13.7. The highest BCUT2D eigenvalue weighted by Crippen LogP contribution is 2.52. The van der Waals surface area contributed by atoms with Gasteiger partial charge >= 0.3 is 12.2 Å². The highest BCUT2D eigenvalue weighted by molar-refractivity contribution is 7.98. The monoisotopic (exact) mass is 378 g/mol. The lowest BCUT2D eigenvalue weighted by molar-refractivity contribution is -0.369. The first-order valence-electron chi connectivity index (χ1n) is 6.25. The summed E-state index contributed by atoms with van der Waals surface area (Å²) < 4.78 is 59.0. The van der Waals surface area contributed by atoms with Gasteiger partial charge in [-0.05, 0) is 18.4 Å². The quantitative estimate of drug-likeness (QED) is 0.635. The number of nitrogen functional groups attached to an aromatic ring is 1. The van der Waals surface area contributed by atoms with Crippen molar-refractivity contribution in [2.75, 3.05) is 12.0 Å². The van der Waals surface area contributed by atoms with Crippen LogP contribution in [0.1, 0.15) is 16.8 Å². The van der Waals surface area contributed by atoms with Gasteiger partial charge in [-0.3, -0.25) is 0 Å². The first-order chi connectivity index (χ1) is 11.1. The van der Waals surface area contributed by atoms with Crippen molar-refractivity contribution in [3.05, 3.63) is 34.0 Å². The lowest BCUT2D eigenvalue weighted by Crippen LogP contribution is -2.17. The van der Waals surface area contributed by atoms with Crippen molar-refractivity contribution in [1.82, 2.24) is 9.78 Å². The van der Waals surface area contributed by atoms with Gasteiger partial charge < -0.3 is 5.73 Å². The molecule has 0 radical (unpaired) electrons. The van der Waals surface area contributed by atoms with E-state index in [-0.39, 0.29) is 22.2 Å². The van der Waals surface area contributed by atoms with Crippen LogP contribution in [0.5, 0.6) is 0 Å². The van der Waals surface area contributed by atoms with E-state index in [9.17, 15) is 17.6 Å². The van der Waals surface area contributed by atoms with Crippen molar-refractivity contribution in [3.63, 3.8) is 0 Å². The Balaban J connectivity index is 2.26. The molecule has 1 aromatic carbocycles. The smallest absolute Gasteiger partial charge is 0.383 e. The van der Waals surface area contributed by atoms with Gasteiger partial charge in [-0.25, -0.2) is 9.42 Å². The molecule has 0 spiro atoms. The highest BCUT2D eigenvalue weighted by atomic mass is 35.5. The van der Waals surface area contributed by atoms with Crippen molar-refractivity contribution in [2.45, 2.75) is 17.1 Å². The molecule has 0 saturated heterocycles. The lowest BCUT2D eigenvalue weighted by Gasteiger charge is -2.11. The first-order valence-corrected chi connectivity index (χ1v) is 7.86. The third-order valence-electron chi connectivity index (χ3n) is 3.38. The van der Waals surface area contributed by atoms with E-state index in [4.69, 9.17) is 22.6 Å². The van der Waals surface area contributed by atoms with Crippen LogP contribution in [-0.2, 0) is 17.0 Å². The Morgan fingerprint density at radius 2 is 1.88 bits per heavy atom. The molecule has 2 heterocycles. The van der Waals surface area contributed by atoms with E-state index in [0.29, 0.717) is 11.0 Å². The number of aromatic nitrogens is 2. The Morgan fingerprint density at radius 1 is 1.29 bits per heavy atom. The lowest BCUT2D eigenvalue weighted by atomic mass is 10.1. The number of anilines is 1. The summed E-state index contributed by atoms with van der Waals surface area (Å²) in [5, 5.41) is 12.6. The number of hydrogen-bond donors (Lipinski definition) is 1. The topological polar surface area (TPSA) is 76.9 Å². The van der Waals surface area contributed by atoms with Gasteiger partial charge in [0.2, 0.25) is 0 Å². The number of rotatable bonds is 2. The van der Waals surface area contributed by atoms with Crippen LogP contribution in [0.25, 0.3) is 5.69 Å². The van der Waals surface area contributed by atoms with Gasteiger partial charge in [-0.15, -0.1) is 11.8 Å². The fourth-order valence-corrected chi connectivity index (χ4v) is 3.17. The van der Waals surface area contributed by atoms with Crippen LogP contribution < -0.4 is 5.73 Å². The van der Waals surface area contributed by atoms with Crippen LogP contribution in [0.4, 0.5) is 23.4 Å². The summed E-state index contributed by atoms with van der Waals surface area (Å²) in [7, 11) is 0. The maximum Gasteiger partial charge on any atom is 0.388 e. The second-order valence-electron chi connectivity index (χ2n) is 4.78. The van der Waals surface area contributed by atoms with Crippen molar-refractivity contribution in [3.8, 4) is 11.8 Å². The van der Waals surface area contributed by atoms with Gasteiger partial charge in [0.25, 0.3) is 0 Å². The fourth-order valence-electron chi connectivity index (χ4n) is 2.35. The Bertz CT molecular complexity index is 893. The predicted octanol–water partition coefficient (Wildman–Crippen LogP) is 3.83. The molecule has 0 fully saturated rings. The molecule has 0 bridgehead atoms. The summed E-state index contributed by atoms with van der Waals surface area (Å²) >= 11 is 7.07. The summed E-state index contributed by atoms with van der Waals surface area (Å²) in [5.74, 6) is -0.0186. The van der Waals surface area contributed by atoms with Crippen molar-refractivity contribution in [1.29, 1.82) is 5.26 Å². The van der Waals surface area contributed by atoms with Gasteiger partial charge in [-0.2, -0.15) is 27.9 Å².